The third-order valence-corrected chi connectivity index (χ3v) is 3.14. The number of nitrogens with two attached hydrogens (primary N) is 1. The summed E-state index contributed by atoms with van der Waals surface area (Å²) in [5.41, 5.74) is 9.07. The van der Waals surface area contributed by atoms with Gasteiger partial charge in [-0.05, 0) is 49.3 Å². The van der Waals surface area contributed by atoms with Crippen molar-refractivity contribution >= 4 is 27.4 Å². The standard InChI is InChI=1S/C9H13N3O2S2/c1-6-3-7(2)5-8(4-6)16(13,14)12-11-9(10)15/h3-5,12H,1-2H3,(H3,10,11,15). The van der Waals surface area contributed by atoms with Gasteiger partial charge in [-0.3, -0.25) is 5.43 Å². The summed E-state index contributed by atoms with van der Waals surface area (Å²) < 4.78 is 23.5. The van der Waals surface area contributed by atoms with Crippen LogP contribution in [0.2, 0.25) is 0 Å². The van der Waals surface area contributed by atoms with Crippen LogP contribution in [0.1, 0.15) is 11.1 Å². The Morgan fingerprint density at radius 1 is 1.25 bits per heavy atom. The number of benzene rings is 1. The molecule has 0 fully saturated rings. The first-order valence-corrected chi connectivity index (χ1v) is 6.36. The molecule has 4 N–H and O–H groups in total. The first-order valence-electron chi connectivity index (χ1n) is 4.47. The molecular formula is C9H13N3O2S2. The van der Waals surface area contributed by atoms with Gasteiger partial charge in [0.25, 0.3) is 10.0 Å². The third kappa shape index (κ3) is 3.44. The number of thiocarbonyl (C=S) groups is 1. The molecule has 0 heterocycles. The number of nitrogens with one attached hydrogen (secondary N) is 2. The minimum Gasteiger partial charge on any atom is -0.375 e. The topological polar surface area (TPSA) is 84.2 Å². The molecule has 88 valence electrons. The van der Waals surface area contributed by atoms with Crippen LogP contribution in [-0.2, 0) is 10.0 Å². The van der Waals surface area contributed by atoms with E-state index in [9.17, 15) is 8.42 Å². The maximum absolute atomic E-state index is 11.8. The second kappa shape index (κ2) is 4.77. The number of aryl methyl sites for hydroxylation is 2. The molecule has 5 nitrogen and oxygen atoms in total. The van der Waals surface area contributed by atoms with Gasteiger partial charge in [0.15, 0.2) is 5.11 Å². The lowest BCUT2D eigenvalue weighted by Crippen LogP contribution is -2.44. The number of hydrogen-bond acceptors (Lipinski definition) is 3. The molecule has 0 aliphatic rings. The second-order valence-electron chi connectivity index (χ2n) is 3.42. The van der Waals surface area contributed by atoms with Crippen molar-refractivity contribution in [3.63, 3.8) is 0 Å². The Balaban J connectivity index is 3.02. The van der Waals surface area contributed by atoms with Crippen LogP contribution < -0.4 is 16.0 Å². The molecule has 1 aromatic rings. The molecule has 0 saturated heterocycles. The normalized spacial score (nSPS) is 11.1. The predicted molar refractivity (Wildman–Crippen MR) is 66.2 cm³/mol. The molecule has 0 aromatic heterocycles. The fraction of sp³-hybridized carbons (Fsp3) is 0.222. The number of hydrogen-bond donors (Lipinski definition) is 3. The molecule has 0 unspecified atom stereocenters. The highest BCUT2D eigenvalue weighted by molar-refractivity contribution is 7.89. The lowest BCUT2D eigenvalue weighted by atomic mass is 10.2. The number of hydrazine groups is 1. The highest BCUT2D eigenvalue weighted by atomic mass is 32.2. The van der Waals surface area contributed by atoms with E-state index < -0.39 is 10.0 Å². The molecule has 0 aliphatic carbocycles. The molecule has 1 aromatic carbocycles. The Morgan fingerprint density at radius 3 is 2.19 bits per heavy atom. The van der Waals surface area contributed by atoms with E-state index in [-0.39, 0.29) is 10.0 Å². The quantitative estimate of drug-likeness (QED) is 0.538. The molecule has 0 aliphatic heterocycles. The first kappa shape index (κ1) is 12.9. The van der Waals surface area contributed by atoms with Crippen LogP contribution in [0.5, 0.6) is 0 Å². The van der Waals surface area contributed by atoms with Crippen LogP contribution in [0.15, 0.2) is 23.1 Å². The Hall–Kier alpha value is -1.18. The van der Waals surface area contributed by atoms with Crippen molar-refractivity contribution in [1.29, 1.82) is 0 Å². The van der Waals surface area contributed by atoms with E-state index >= 15 is 0 Å². The van der Waals surface area contributed by atoms with Gasteiger partial charge in [-0.25, -0.2) is 8.42 Å². The Labute approximate surface area is 100 Å². The van der Waals surface area contributed by atoms with E-state index in [4.69, 9.17) is 5.73 Å². The molecule has 0 bridgehead atoms. The molecule has 0 radical (unpaired) electrons. The highest BCUT2D eigenvalue weighted by Gasteiger charge is 2.14. The first-order chi connectivity index (χ1) is 7.31. The van der Waals surface area contributed by atoms with Crippen molar-refractivity contribution in [3.05, 3.63) is 29.3 Å². The summed E-state index contributed by atoms with van der Waals surface area (Å²) in [6.45, 7) is 3.65. The minimum absolute atomic E-state index is 0.132. The maximum Gasteiger partial charge on any atom is 0.257 e. The van der Waals surface area contributed by atoms with Crippen molar-refractivity contribution in [2.24, 2.45) is 5.73 Å². The van der Waals surface area contributed by atoms with Crippen LogP contribution in [0.25, 0.3) is 0 Å². The Kier molecular flexibility index (Phi) is 3.84. The van der Waals surface area contributed by atoms with E-state index in [1.165, 1.54) is 0 Å². The van der Waals surface area contributed by atoms with Crippen LogP contribution >= 0.6 is 12.2 Å². The molecule has 1 rings (SSSR count). The van der Waals surface area contributed by atoms with Gasteiger partial charge >= 0.3 is 0 Å². The minimum atomic E-state index is -3.63. The monoisotopic (exact) mass is 259 g/mol. The zero-order chi connectivity index (χ0) is 12.3. The van der Waals surface area contributed by atoms with Crippen molar-refractivity contribution in [2.45, 2.75) is 18.7 Å². The van der Waals surface area contributed by atoms with Crippen LogP contribution in [0.4, 0.5) is 0 Å². The molecule has 0 amide bonds. The van der Waals surface area contributed by atoms with Crippen LogP contribution in [0.3, 0.4) is 0 Å². The number of sulfonamides is 1. The summed E-state index contributed by atoms with van der Waals surface area (Å²) in [4.78, 5) is 2.26. The van der Waals surface area contributed by atoms with Crippen molar-refractivity contribution in [1.82, 2.24) is 10.3 Å². The van der Waals surface area contributed by atoms with Gasteiger partial charge in [0.1, 0.15) is 0 Å². The van der Waals surface area contributed by atoms with Crippen LogP contribution in [-0.4, -0.2) is 13.5 Å². The molecule has 7 heteroatoms. The maximum atomic E-state index is 11.8. The van der Waals surface area contributed by atoms with Gasteiger partial charge in [0.2, 0.25) is 0 Å². The number of rotatable bonds is 3. The predicted octanol–water partition coefficient (Wildman–Crippen LogP) is 0.330. The van der Waals surface area contributed by atoms with Gasteiger partial charge in [-0.15, -0.1) is 4.83 Å². The summed E-state index contributed by atoms with van der Waals surface area (Å²) in [5.74, 6) is 0. The van der Waals surface area contributed by atoms with Crippen LogP contribution in [0, 0.1) is 13.8 Å². The third-order valence-electron chi connectivity index (χ3n) is 1.81. The largest absolute Gasteiger partial charge is 0.375 e. The van der Waals surface area contributed by atoms with E-state index in [2.05, 4.69) is 22.5 Å². The highest BCUT2D eigenvalue weighted by Crippen LogP contribution is 2.13. The van der Waals surface area contributed by atoms with E-state index in [1.807, 2.05) is 19.9 Å². The fourth-order valence-corrected chi connectivity index (χ4v) is 2.42. The zero-order valence-electron chi connectivity index (χ0n) is 8.94. The van der Waals surface area contributed by atoms with Crippen molar-refractivity contribution in [2.75, 3.05) is 0 Å². The summed E-state index contributed by atoms with van der Waals surface area (Å²) in [6.07, 6.45) is 0. The Morgan fingerprint density at radius 2 is 1.75 bits per heavy atom. The molecule has 16 heavy (non-hydrogen) atoms. The summed E-state index contributed by atoms with van der Waals surface area (Å²) in [6, 6.07) is 5.02. The van der Waals surface area contributed by atoms with E-state index in [1.54, 1.807) is 12.1 Å². The SMILES string of the molecule is Cc1cc(C)cc(S(=O)(=O)NNC(N)=S)c1. The van der Waals surface area contributed by atoms with Crippen molar-refractivity contribution in [3.8, 4) is 0 Å². The average Bonchev–Trinajstić information content (AvgIpc) is 2.13. The average molecular weight is 259 g/mol. The fourth-order valence-electron chi connectivity index (χ4n) is 1.26. The summed E-state index contributed by atoms with van der Waals surface area (Å²) >= 11 is 4.50. The summed E-state index contributed by atoms with van der Waals surface area (Å²) in [5, 5.41) is -0.132. The van der Waals surface area contributed by atoms with Gasteiger partial charge in [-0.2, -0.15) is 0 Å². The Bertz CT molecular complexity index is 491. The molecule has 0 saturated carbocycles. The lowest BCUT2D eigenvalue weighted by molar-refractivity contribution is 0.577. The van der Waals surface area contributed by atoms with Gasteiger partial charge in [0.05, 0.1) is 4.90 Å². The molecular weight excluding hydrogens is 246 g/mol. The summed E-state index contributed by atoms with van der Waals surface area (Å²) in [7, 11) is -3.63. The zero-order valence-corrected chi connectivity index (χ0v) is 10.6. The molecule has 0 atom stereocenters. The second-order valence-corrected chi connectivity index (χ2v) is 5.54. The van der Waals surface area contributed by atoms with E-state index in [0.29, 0.717) is 0 Å². The van der Waals surface area contributed by atoms with Gasteiger partial charge in [-0.1, -0.05) is 6.07 Å². The van der Waals surface area contributed by atoms with Gasteiger partial charge < -0.3 is 5.73 Å². The lowest BCUT2D eigenvalue weighted by Gasteiger charge is -2.09. The van der Waals surface area contributed by atoms with E-state index in [0.717, 1.165) is 11.1 Å². The van der Waals surface area contributed by atoms with Crippen molar-refractivity contribution < 1.29 is 8.42 Å². The van der Waals surface area contributed by atoms with Gasteiger partial charge in [0, 0.05) is 0 Å². The molecule has 0 spiro atoms. The smallest absolute Gasteiger partial charge is 0.257 e.